The Labute approximate surface area is 163 Å². The second-order valence-corrected chi connectivity index (χ2v) is 6.29. The number of hydrogen-bond acceptors (Lipinski definition) is 6. The van der Waals surface area contributed by atoms with Crippen molar-refractivity contribution in [2.75, 3.05) is 19.5 Å². The molecule has 0 aliphatic rings. The minimum Gasteiger partial charge on any atom is -0.497 e. The number of benzene rings is 2. The van der Waals surface area contributed by atoms with Crippen molar-refractivity contribution in [2.45, 2.75) is 20.0 Å². The van der Waals surface area contributed by atoms with Crippen LogP contribution in [0.4, 0.5) is 5.69 Å². The molecule has 0 unspecified atom stereocenters. The Bertz CT molecular complexity index is 948. The summed E-state index contributed by atoms with van der Waals surface area (Å²) in [4.78, 5) is 12.6. The van der Waals surface area contributed by atoms with Gasteiger partial charge in [0, 0.05) is 17.7 Å². The van der Waals surface area contributed by atoms with Gasteiger partial charge in [-0.25, -0.2) is 0 Å². The molecular weight excluding hydrogens is 360 g/mol. The summed E-state index contributed by atoms with van der Waals surface area (Å²) in [5, 5.41) is 6.63. The number of ether oxygens (including phenoxy) is 3. The first kappa shape index (κ1) is 19.3. The Hall–Kier alpha value is -3.48. The van der Waals surface area contributed by atoms with Crippen LogP contribution in [0.3, 0.4) is 0 Å². The third-order valence-electron chi connectivity index (χ3n) is 3.91. The molecule has 7 heteroatoms. The number of amides is 1. The summed E-state index contributed by atoms with van der Waals surface area (Å²) in [7, 11) is 3.08. The molecule has 3 rings (SSSR count). The zero-order valence-corrected chi connectivity index (χ0v) is 16.2. The first-order chi connectivity index (χ1) is 13.5. The maximum Gasteiger partial charge on any atom is 0.277 e. The number of carbonyl (C=O) groups is 1. The van der Waals surface area contributed by atoms with Gasteiger partial charge in [-0.05, 0) is 50.2 Å². The quantitative estimate of drug-likeness (QED) is 0.652. The van der Waals surface area contributed by atoms with Crippen molar-refractivity contribution < 1.29 is 23.5 Å². The molecule has 0 fully saturated rings. The van der Waals surface area contributed by atoms with Crippen molar-refractivity contribution in [1.82, 2.24) is 5.16 Å². The topological polar surface area (TPSA) is 82.8 Å². The van der Waals surface area contributed by atoms with E-state index in [0.717, 1.165) is 11.3 Å². The fourth-order valence-electron chi connectivity index (χ4n) is 2.59. The van der Waals surface area contributed by atoms with Gasteiger partial charge in [0.25, 0.3) is 5.91 Å². The van der Waals surface area contributed by atoms with Crippen LogP contribution in [0.5, 0.6) is 17.2 Å². The van der Waals surface area contributed by atoms with Gasteiger partial charge in [0.2, 0.25) is 0 Å². The number of aromatic nitrogens is 1. The maximum atomic E-state index is 12.6. The largest absolute Gasteiger partial charge is 0.497 e. The molecule has 1 aromatic heterocycles. The normalized spacial score (nSPS) is 10.6. The number of carbonyl (C=O) groups excluding carboxylic acids is 1. The van der Waals surface area contributed by atoms with E-state index in [2.05, 4.69) is 10.5 Å². The molecule has 146 valence electrons. The van der Waals surface area contributed by atoms with Crippen molar-refractivity contribution in [3.05, 3.63) is 54.2 Å². The average Bonchev–Trinajstić information content (AvgIpc) is 3.18. The lowest BCUT2D eigenvalue weighted by molar-refractivity contribution is 0.101. The minimum absolute atomic E-state index is 0.0973. The lowest BCUT2D eigenvalue weighted by Gasteiger charge is -2.10. The molecule has 0 bridgehead atoms. The van der Waals surface area contributed by atoms with E-state index < -0.39 is 5.91 Å². The number of anilines is 1. The van der Waals surface area contributed by atoms with Gasteiger partial charge in [-0.15, -0.1) is 0 Å². The summed E-state index contributed by atoms with van der Waals surface area (Å²) in [6.07, 6.45) is 0.0973. The Balaban J connectivity index is 1.76. The summed E-state index contributed by atoms with van der Waals surface area (Å²) >= 11 is 0. The average molecular weight is 382 g/mol. The SMILES string of the molecule is COc1ccc(OC)c(NC(=O)c2cc(-c3ccc(OC(C)C)cc3)on2)c1. The van der Waals surface area contributed by atoms with E-state index in [1.165, 1.54) is 7.11 Å². The number of nitrogens with zero attached hydrogens (tertiary/aromatic N) is 1. The van der Waals surface area contributed by atoms with Gasteiger partial charge in [-0.2, -0.15) is 0 Å². The van der Waals surface area contributed by atoms with Gasteiger partial charge in [-0.1, -0.05) is 5.16 Å². The van der Waals surface area contributed by atoms with E-state index in [0.29, 0.717) is 22.9 Å². The van der Waals surface area contributed by atoms with E-state index in [4.69, 9.17) is 18.7 Å². The number of hydrogen-bond donors (Lipinski definition) is 1. The molecule has 0 spiro atoms. The lowest BCUT2D eigenvalue weighted by Crippen LogP contribution is -2.13. The van der Waals surface area contributed by atoms with Crippen LogP contribution in [0.1, 0.15) is 24.3 Å². The van der Waals surface area contributed by atoms with Crippen LogP contribution in [-0.2, 0) is 0 Å². The highest BCUT2D eigenvalue weighted by atomic mass is 16.5. The summed E-state index contributed by atoms with van der Waals surface area (Å²) in [6.45, 7) is 3.93. The van der Waals surface area contributed by atoms with E-state index in [9.17, 15) is 4.79 Å². The molecule has 0 saturated heterocycles. The number of methoxy groups -OCH3 is 2. The van der Waals surface area contributed by atoms with E-state index >= 15 is 0 Å². The molecule has 1 N–H and O–H groups in total. The zero-order valence-electron chi connectivity index (χ0n) is 16.2. The third kappa shape index (κ3) is 4.43. The molecule has 0 radical (unpaired) electrons. The van der Waals surface area contributed by atoms with Crippen LogP contribution in [0.2, 0.25) is 0 Å². The fraction of sp³-hybridized carbons (Fsp3) is 0.238. The predicted molar refractivity (Wildman–Crippen MR) is 105 cm³/mol. The van der Waals surface area contributed by atoms with E-state index in [-0.39, 0.29) is 11.8 Å². The third-order valence-corrected chi connectivity index (χ3v) is 3.91. The summed E-state index contributed by atoms with van der Waals surface area (Å²) in [5.41, 5.74) is 1.43. The van der Waals surface area contributed by atoms with Gasteiger partial charge in [0.05, 0.1) is 26.0 Å². The van der Waals surface area contributed by atoms with E-state index in [1.54, 1.807) is 31.4 Å². The first-order valence-corrected chi connectivity index (χ1v) is 8.77. The maximum absolute atomic E-state index is 12.6. The van der Waals surface area contributed by atoms with Gasteiger partial charge in [-0.3, -0.25) is 4.79 Å². The van der Waals surface area contributed by atoms with E-state index in [1.807, 2.05) is 38.1 Å². The first-order valence-electron chi connectivity index (χ1n) is 8.77. The Morgan fingerprint density at radius 1 is 1.00 bits per heavy atom. The molecular formula is C21H22N2O5. The second-order valence-electron chi connectivity index (χ2n) is 6.29. The van der Waals surface area contributed by atoms with Gasteiger partial charge in [0.1, 0.15) is 17.2 Å². The van der Waals surface area contributed by atoms with Crippen LogP contribution in [0.15, 0.2) is 53.1 Å². The van der Waals surface area contributed by atoms with Gasteiger partial charge in [0.15, 0.2) is 11.5 Å². The predicted octanol–water partition coefficient (Wildman–Crippen LogP) is 4.40. The van der Waals surface area contributed by atoms with Crippen molar-refractivity contribution >= 4 is 11.6 Å². The van der Waals surface area contributed by atoms with Crippen LogP contribution < -0.4 is 19.5 Å². The smallest absolute Gasteiger partial charge is 0.277 e. The molecule has 7 nitrogen and oxygen atoms in total. The highest BCUT2D eigenvalue weighted by Gasteiger charge is 2.16. The summed E-state index contributed by atoms with van der Waals surface area (Å²) in [5.74, 6) is 1.95. The molecule has 0 saturated carbocycles. The van der Waals surface area contributed by atoms with Gasteiger partial charge >= 0.3 is 0 Å². The summed E-state index contributed by atoms with van der Waals surface area (Å²) in [6, 6.07) is 14.1. The number of nitrogens with one attached hydrogen (secondary N) is 1. The highest BCUT2D eigenvalue weighted by molar-refractivity contribution is 6.04. The second kappa shape index (κ2) is 8.47. The highest BCUT2D eigenvalue weighted by Crippen LogP contribution is 2.30. The van der Waals surface area contributed by atoms with Crippen molar-refractivity contribution in [1.29, 1.82) is 0 Å². The molecule has 2 aromatic carbocycles. The molecule has 28 heavy (non-hydrogen) atoms. The zero-order chi connectivity index (χ0) is 20.1. The van der Waals surface area contributed by atoms with Crippen LogP contribution in [0.25, 0.3) is 11.3 Å². The van der Waals surface area contributed by atoms with Gasteiger partial charge < -0.3 is 24.1 Å². The van der Waals surface area contributed by atoms with Crippen molar-refractivity contribution in [2.24, 2.45) is 0 Å². The molecule has 3 aromatic rings. The number of rotatable bonds is 7. The minimum atomic E-state index is -0.415. The van der Waals surface area contributed by atoms with Crippen LogP contribution >= 0.6 is 0 Å². The monoisotopic (exact) mass is 382 g/mol. The fourth-order valence-corrected chi connectivity index (χ4v) is 2.59. The molecule has 1 heterocycles. The molecule has 0 aliphatic heterocycles. The summed E-state index contributed by atoms with van der Waals surface area (Å²) < 4.78 is 21.4. The van der Waals surface area contributed by atoms with Crippen LogP contribution in [0, 0.1) is 0 Å². The molecule has 0 atom stereocenters. The van der Waals surface area contributed by atoms with Crippen molar-refractivity contribution in [3.63, 3.8) is 0 Å². The Morgan fingerprint density at radius 3 is 2.36 bits per heavy atom. The van der Waals surface area contributed by atoms with Crippen molar-refractivity contribution in [3.8, 4) is 28.6 Å². The lowest BCUT2D eigenvalue weighted by atomic mass is 10.1. The Morgan fingerprint density at radius 2 is 1.71 bits per heavy atom. The van der Waals surface area contributed by atoms with Crippen LogP contribution in [-0.4, -0.2) is 31.4 Å². The Kier molecular flexibility index (Phi) is 5.84. The molecule has 1 amide bonds. The molecule has 0 aliphatic carbocycles. The standard InChI is InChI=1S/C21H22N2O5/c1-13(2)27-15-7-5-14(6-8-15)20-12-18(23-28-20)21(24)22-17-11-16(25-3)9-10-19(17)26-4/h5-13H,1-4H3,(H,22,24).